The summed E-state index contributed by atoms with van der Waals surface area (Å²) >= 11 is 9.90. The van der Waals surface area contributed by atoms with Crippen LogP contribution >= 0.6 is 35.1 Å². The lowest BCUT2D eigenvalue weighted by Gasteiger charge is -2.17. The van der Waals surface area contributed by atoms with Gasteiger partial charge in [-0.25, -0.2) is 0 Å². The lowest BCUT2D eigenvalue weighted by atomic mass is 10.0. The first kappa shape index (κ1) is 16.7. The zero-order valence-corrected chi connectivity index (χ0v) is 15.0. The monoisotopic (exact) mass is 363 g/mol. The van der Waals surface area contributed by atoms with Crippen molar-refractivity contribution in [1.29, 1.82) is 0 Å². The predicted octanol–water partition coefficient (Wildman–Crippen LogP) is 5.09. The number of amides is 1. The Morgan fingerprint density at radius 1 is 1.26 bits per heavy atom. The lowest BCUT2D eigenvalue weighted by Crippen LogP contribution is -2.10. The van der Waals surface area contributed by atoms with Gasteiger partial charge in [-0.05, 0) is 54.0 Å². The van der Waals surface area contributed by atoms with Gasteiger partial charge in [0, 0.05) is 26.5 Å². The van der Waals surface area contributed by atoms with Crippen LogP contribution in [0.4, 0.5) is 0 Å². The molecule has 0 bridgehead atoms. The molecule has 23 heavy (non-hydrogen) atoms. The molecule has 120 valence electrons. The third-order valence-electron chi connectivity index (χ3n) is 3.80. The van der Waals surface area contributed by atoms with E-state index in [1.54, 1.807) is 0 Å². The number of hydrogen-bond acceptors (Lipinski definition) is 3. The van der Waals surface area contributed by atoms with E-state index < -0.39 is 0 Å². The smallest absolute Gasteiger partial charge is 0.217 e. The number of hydrogen-bond donors (Lipinski definition) is 1. The second kappa shape index (κ2) is 7.65. The van der Waals surface area contributed by atoms with Gasteiger partial charge in [0.15, 0.2) is 0 Å². The second-order valence-electron chi connectivity index (χ2n) is 5.53. The van der Waals surface area contributed by atoms with Crippen molar-refractivity contribution in [2.75, 3.05) is 5.75 Å². The van der Waals surface area contributed by atoms with Crippen LogP contribution in [0.25, 0.3) is 0 Å². The number of fused-ring (bicyclic) bond motifs is 2. The molecule has 2 aromatic carbocycles. The number of carbonyl (C=O) groups is 1. The Morgan fingerprint density at radius 3 is 2.91 bits per heavy atom. The van der Waals surface area contributed by atoms with Gasteiger partial charge in [-0.3, -0.25) is 4.79 Å². The second-order valence-corrected chi connectivity index (χ2v) is 8.36. The lowest BCUT2D eigenvalue weighted by molar-refractivity contribution is -0.118. The molecule has 0 radical (unpaired) electrons. The summed E-state index contributed by atoms with van der Waals surface area (Å²) < 4.78 is 0. The van der Waals surface area contributed by atoms with Crippen LogP contribution in [0.1, 0.15) is 29.2 Å². The molecule has 0 fully saturated rings. The summed E-state index contributed by atoms with van der Waals surface area (Å²) in [4.78, 5) is 13.5. The zero-order chi connectivity index (χ0) is 16.2. The average molecular weight is 364 g/mol. The van der Waals surface area contributed by atoms with E-state index in [1.807, 2.05) is 29.6 Å². The Hall–Kier alpha value is -1.10. The minimum Gasteiger partial charge on any atom is -0.370 e. The van der Waals surface area contributed by atoms with E-state index in [0.29, 0.717) is 11.7 Å². The molecule has 1 amide bonds. The Morgan fingerprint density at radius 2 is 2.09 bits per heavy atom. The van der Waals surface area contributed by atoms with Crippen LogP contribution in [0.15, 0.2) is 52.3 Å². The van der Waals surface area contributed by atoms with E-state index in [-0.39, 0.29) is 5.91 Å². The highest BCUT2D eigenvalue weighted by Gasteiger charge is 2.22. The summed E-state index contributed by atoms with van der Waals surface area (Å²) in [7, 11) is 0. The van der Waals surface area contributed by atoms with Crippen LogP contribution in [0.3, 0.4) is 0 Å². The number of primary amides is 1. The molecule has 1 atom stereocenters. The van der Waals surface area contributed by atoms with Crippen molar-refractivity contribution in [3.63, 3.8) is 0 Å². The quantitative estimate of drug-likeness (QED) is 0.752. The highest BCUT2D eigenvalue weighted by atomic mass is 35.5. The van der Waals surface area contributed by atoms with Gasteiger partial charge in [-0.15, -0.1) is 0 Å². The van der Waals surface area contributed by atoms with Crippen molar-refractivity contribution in [1.82, 2.24) is 0 Å². The molecule has 0 spiro atoms. The van der Waals surface area contributed by atoms with Crippen molar-refractivity contribution in [2.45, 2.75) is 34.3 Å². The van der Waals surface area contributed by atoms with Gasteiger partial charge in [0.1, 0.15) is 0 Å². The van der Waals surface area contributed by atoms with Crippen LogP contribution in [0, 0.1) is 0 Å². The van der Waals surface area contributed by atoms with E-state index in [1.165, 1.54) is 20.9 Å². The molecule has 0 aliphatic carbocycles. The topological polar surface area (TPSA) is 43.1 Å². The van der Waals surface area contributed by atoms with E-state index in [9.17, 15) is 4.79 Å². The van der Waals surface area contributed by atoms with Crippen LogP contribution in [0.5, 0.6) is 0 Å². The summed E-state index contributed by atoms with van der Waals surface area (Å²) in [5, 5.41) is 1.17. The molecule has 2 nitrogen and oxygen atoms in total. The third-order valence-corrected chi connectivity index (χ3v) is 6.59. The summed E-state index contributed by atoms with van der Waals surface area (Å²) in [6.07, 6.45) is 2.24. The SMILES string of the molecule is NC(=O)CCCS[C@H]1Cc2cc(Cl)ccc2Sc2ccccc21. The molecule has 1 aliphatic heterocycles. The maximum atomic E-state index is 10.9. The van der Waals surface area contributed by atoms with E-state index in [2.05, 4.69) is 36.4 Å². The van der Waals surface area contributed by atoms with Crippen LogP contribution in [0.2, 0.25) is 5.02 Å². The van der Waals surface area contributed by atoms with Crippen molar-refractivity contribution in [2.24, 2.45) is 5.73 Å². The van der Waals surface area contributed by atoms with Gasteiger partial charge < -0.3 is 5.73 Å². The number of carbonyl (C=O) groups excluding carboxylic acids is 1. The Labute approximate surface area is 150 Å². The normalized spacial score (nSPS) is 16.3. The Balaban J connectivity index is 1.83. The summed E-state index contributed by atoms with van der Waals surface area (Å²) in [6, 6.07) is 14.7. The van der Waals surface area contributed by atoms with Crippen molar-refractivity contribution >= 4 is 41.0 Å². The molecular weight excluding hydrogens is 346 g/mol. The molecule has 2 N–H and O–H groups in total. The first-order chi connectivity index (χ1) is 11.1. The minimum atomic E-state index is -0.223. The van der Waals surface area contributed by atoms with Gasteiger partial charge in [-0.1, -0.05) is 41.6 Å². The Kier molecular flexibility index (Phi) is 5.57. The van der Waals surface area contributed by atoms with Gasteiger partial charge in [0.25, 0.3) is 0 Å². The molecule has 3 rings (SSSR count). The molecule has 2 aromatic rings. The molecular formula is C18H18ClNOS2. The van der Waals surface area contributed by atoms with E-state index in [4.69, 9.17) is 17.3 Å². The van der Waals surface area contributed by atoms with Crippen LogP contribution < -0.4 is 5.73 Å². The molecule has 1 aliphatic rings. The van der Waals surface area contributed by atoms with Gasteiger partial charge in [0.05, 0.1) is 0 Å². The molecule has 1 heterocycles. The van der Waals surface area contributed by atoms with Crippen LogP contribution in [-0.2, 0) is 11.2 Å². The average Bonchev–Trinajstić information content (AvgIpc) is 2.68. The maximum Gasteiger partial charge on any atom is 0.217 e. The fourth-order valence-electron chi connectivity index (χ4n) is 2.70. The fourth-order valence-corrected chi connectivity index (χ4v) is 5.36. The molecule has 0 saturated carbocycles. The van der Waals surface area contributed by atoms with Crippen molar-refractivity contribution < 1.29 is 4.79 Å². The van der Waals surface area contributed by atoms with Gasteiger partial charge in [-0.2, -0.15) is 11.8 Å². The van der Waals surface area contributed by atoms with Crippen molar-refractivity contribution in [3.8, 4) is 0 Å². The molecule has 0 saturated heterocycles. The molecule has 0 unspecified atom stereocenters. The highest BCUT2D eigenvalue weighted by Crippen LogP contribution is 2.46. The van der Waals surface area contributed by atoms with E-state index in [0.717, 1.165) is 23.6 Å². The maximum absolute atomic E-state index is 10.9. The number of halogens is 1. The number of nitrogens with two attached hydrogens (primary N) is 1. The Bertz CT molecular complexity index is 720. The highest BCUT2D eigenvalue weighted by molar-refractivity contribution is 8.00. The third kappa shape index (κ3) is 4.25. The standard InChI is InChI=1S/C18H18ClNOS2/c19-13-7-8-15-12(10-13)11-17(22-9-3-6-18(20)21)14-4-1-2-5-16(14)23-15/h1-2,4-5,7-8,10,17H,3,6,9,11H2,(H2,20,21)/t17-/m0/s1. The van der Waals surface area contributed by atoms with Gasteiger partial charge in [0.2, 0.25) is 5.91 Å². The molecule has 0 aromatic heterocycles. The first-order valence-corrected chi connectivity index (χ1v) is 9.83. The van der Waals surface area contributed by atoms with Crippen LogP contribution in [-0.4, -0.2) is 11.7 Å². The minimum absolute atomic E-state index is 0.223. The van der Waals surface area contributed by atoms with Gasteiger partial charge >= 0.3 is 0 Å². The van der Waals surface area contributed by atoms with Crippen molar-refractivity contribution in [3.05, 3.63) is 58.6 Å². The largest absolute Gasteiger partial charge is 0.370 e. The summed E-state index contributed by atoms with van der Waals surface area (Å²) in [6.45, 7) is 0. The number of rotatable bonds is 5. The molecule has 5 heteroatoms. The number of benzene rings is 2. The van der Waals surface area contributed by atoms with E-state index >= 15 is 0 Å². The fraction of sp³-hybridized carbons (Fsp3) is 0.278. The predicted molar refractivity (Wildman–Crippen MR) is 99.3 cm³/mol. The number of thioether (sulfide) groups is 1. The summed E-state index contributed by atoms with van der Waals surface area (Å²) in [5.41, 5.74) is 7.89. The summed E-state index contributed by atoms with van der Waals surface area (Å²) in [5.74, 6) is 0.710. The first-order valence-electron chi connectivity index (χ1n) is 7.58. The zero-order valence-electron chi connectivity index (χ0n) is 12.6.